The van der Waals surface area contributed by atoms with Crippen molar-refractivity contribution in [3.63, 3.8) is 0 Å². The molecule has 0 radical (unpaired) electrons. The van der Waals surface area contributed by atoms with Crippen LogP contribution >= 0.6 is 11.3 Å². The van der Waals surface area contributed by atoms with Crippen molar-refractivity contribution in [1.82, 2.24) is 4.98 Å². The van der Waals surface area contributed by atoms with E-state index in [0.29, 0.717) is 29.4 Å². The average Bonchev–Trinajstić information content (AvgIpc) is 3.34. The molecule has 1 aliphatic rings. The maximum atomic E-state index is 12.4. The Morgan fingerprint density at radius 2 is 1.97 bits per heavy atom. The summed E-state index contributed by atoms with van der Waals surface area (Å²) in [6.07, 6.45) is 1.88. The van der Waals surface area contributed by atoms with Crippen molar-refractivity contribution in [2.24, 2.45) is 0 Å². The van der Waals surface area contributed by atoms with Crippen molar-refractivity contribution in [2.75, 3.05) is 29.5 Å². The normalized spacial score (nSPS) is 13.2. The van der Waals surface area contributed by atoms with Crippen LogP contribution in [0.1, 0.15) is 15.9 Å². The molecule has 29 heavy (non-hydrogen) atoms. The Labute approximate surface area is 173 Å². The Morgan fingerprint density at radius 1 is 1.21 bits per heavy atom. The molecule has 0 unspecified atom stereocenters. The fourth-order valence-corrected chi connectivity index (χ4v) is 4.92. The molecular weight excluding hydrogens is 410 g/mol. The first kappa shape index (κ1) is 19.4. The summed E-state index contributed by atoms with van der Waals surface area (Å²) >= 11 is 1.34. The van der Waals surface area contributed by atoms with Crippen LogP contribution in [-0.2, 0) is 16.4 Å². The third-order valence-electron chi connectivity index (χ3n) is 4.71. The van der Waals surface area contributed by atoms with Crippen LogP contribution in [0.3, 0.4) is 0 Å². The number of thiazole rings is 1. The van der Waals surface area contributed by atoms with Gasteiger partial charge in [0.2, 0.25) is 10.0 Å². The van der Waals surface area contributed by atoms with Crippen molar-refractivity contribution in [1.29, 1.82) is 0 Å². The standard InChI is InChI=1S/C20H19N3O4S2/c1-27-16-6-3-13(4-7-16)19(24)22-20-21-17(12-28-20)14-5-8-18-15(11-14)9-10-23(18)29(2,25)26/h3-8,11-12H,9-10H2,1-2H3,(H,21,22,24). The Hall–Kier alpha value is -2.91. The van der Waals surface area contributed by atoms with Crippen molar-refractivity contribution >= 4 is 38.1 Å². The highest BCUT2D eigenvalue weighted by Crippen LogP contribution is 2.34. The lowest BCUT2D eigenvalue weighted by atomic mass is 10.1. The number of nitrogens with one attached hydrogen (secondary N) is 1. The molecule has 0 atom stereocenters. The van der Waals surface area contributed by atoms with Crippen LogP contribution in [0.2, 0.25) is 0 Å². The first-order valence-electron chi connectivity index (χ1n) is 8.87. The maximum Gasteiger partial charge on any atom is 0.257 e. The summed E-state index contributed by atoms with van der Waals surface area (Å²) in [4.78, 5) is 16.9. The van der Waals surface area contributed by atoms with Crippen LogP contribution in [0.15, 0.2) is 47.8 Å². The second-order valence-corrected chi connectivity index (χ2v) is 9.41. The monoisotopic (exact) mass is 429 g/mol. The zero-order chi connectivity index (χ0) is 20.6. The molecule has 3 aromatic rings. The Morgan fingerprint density at radius 3 is 2.66 bits per heavy atom. The van der Waals surface area contributed by atoms with E-state index in [0.717, 1.165) is 22.5 Å². The van der Waals surface area contributed by atoms with Crippen molar-refractivity contribution in [3.05, 3.63) is 59.0 Å². The summed E-state index contributed by atoms with van der Waals surface area (Å²) in [5.41, 5.74) is 3.84. The van der Waals surface area contributed by atoms with Gasteiger partial charge in [-0.3, -0.25) is 14.4 Å². The van der Waals surface area contributed by atoms with E-state index in [1.54, 1.807) is 31.4 Å². The number of sulfonamides is 1. The second kappa shape index (κ2) is 7.49. The lowest BCUT2D eigenvalue weighted by Crippen LogP contribution is -2.27. The van der Waals surface area contributed by atoms with Gasteiger partial charge in [-0.1, -0.05) is 6.07 Å². The number of carbonyl (C=O) groups excluding carboxylic acids is 1. The third-order valence-corrected chi connectivity index (χ3v) is 6.64. The fourth-order valence-electron chi connectivity index (χ4n) is 3.25. The minimum Gasteiger partial charge on any atom is -0.497 e. The summed E-state index contributed by atoms with van der Waals surface area (Å²) in [6.45, 7) is 0.456. The van der Waals surface area contributed by atoms with Crippen molar-refractivity contribution < 1.29 is 17.9 Å². The van der Waals surface area contributed by atoms with E-state index in [1.165, 1.54) is 21.9 Å². The highest BCUT2D eigenvalue weighted by Gasteiger charge is 2.26. The molecule has 0 spiro atoms. The molecule has 7 nitrogen and oxygen atoms in total. The smallest absolute Gasteiger partial charge is 0.257 e. The molecular formula is C20H19N3O4S2. The average molecular weight is 430 g/mol. The topological polar surface area (TPSA) is 88.6 Å². The molecule has 1 aliphatic heterocycles. The molecule has 1 aromatic heterocycles. The van der Waals surface area contributed by atoms with Gasteiger partial charge in [0.1, 0.15) is 5.75 Å². The molecule has 0 saturated carbocycles. The first-order valence-corrected chi connectivity index (χ1v) is 11.6. The van der Waals surface area contributed by atoms with Crippen LogP contribution in [-0.4, -0.2) is 39.2 Å². The van der Waals surface area contributed by atoms with E-state index < -0.39 is 10.0 Å². The molecule has 0 bridgehead atoms. The minimum atomic E-state index is -3.27. The van der Waals surface area contributed by atoms with Crippen LogP contribution in [0.25, 0.3) is 11.3 Å². The molecule has 0 fully saturated rings. The molecule has 2 heterocycles. The Kier molecular flexibility index (Phi) is 5.01. The van der Waals surface area contributed by atoms with Gasteiger partial charge in [-0.15, -0.1) is 11.3 Å². The van der Waals surface area contributed by atoms with Gasteiger partial charge in [0.15, 0.2) is 5.13 Å². The molecule has 4 rings (SSSR count). The summed E-state index contributed by atoms with van der Waals surface area (Å²) in [5.74, 6) is 0.440. The van der Waals surface area contributed by atoms with Gasteiger partial charge in [-0.2, -0.15) is 0 Å². The van der Waals surface area contributed by atoms with Gasteiger partial charge in [-0.25, -0.2) is 13.4 Å². The van der Waals surface area contributed by atoms with Gasteiger partial charge >= 0.3 is 0 Å². The largest absolute Gasteiger partial charge is 0.497 e. The molecule has 0 saturated heterocycles. The van der Waals surface area contributed by atoms with E-state index in [4.69, 9.17) is 4.74 Å². The number of benzene rings is 2. The number of hydrogen-bond donors (Lipinski definition) is 1. The lowest BCUT2D eigenvalue weighted by molar-refractivity contribution is 0.102. The summed E-state index contributed by atoms with van der Waals surface area (Å²) < 4.78 is 30.3. The molecule has 150 valence electrons. The summed E-state index contributed by atoms with van der Waals surface area (Å²) in [7, 11) is -1.70. The number of methoxy groups -OCH3 is 1. The predicted molar refractivity (Wildman–Crippen MR) is 114 cm³/mol. The summed E-state index contributed by atoms with van der Waals surface area (Å²) in [5, 5.41) is 5.17. The second-order valence-electron chi connectivity index (χ2n) is 6.65. The number of fused-ring (bicyclic) bond motifs is 1. The van der Waals surface area contributed by atoms with Crippen LogP contribution in [0.4, 0.5) is 10.8 Å². The van der Waals surface area contributed by atoms with Crippen LogP contribution < -0.4 is 14.4 Å². The Balaban J connectivity index is 1.51. The molecule has 0 aliphatic carbocycles. The zero-order valence-electron chi connectivity index (χ0n) is 15.9. The highest BCUT2D eigenvalue weighted by molar-refractivity contribution is 7.92. The van der Waals surface area contributed by atoms with Gasteiger partial charge in [-0.05, 0) is 48.4 Å². The van der Waals surface area contributed by atoms with Gasteiger partial charge in [0.05, 0.1) is 24.7 Å². The molecule has 1 N–H and O–H groups in total. The number of aromatic nitrogens is 1. The summed E-state index contributed by atoms with van der Waals surface area (Å²) in [6, 6.07) is 12.5. The SMILES string of the molecule is COc1ccc(C(=O)Nc2nc(-c3ccc4c(c3)CCN4S(C)(=O)=O)cs2)cc1. The maximum absolute atomic E-state index is 12.4. The zero-order valence-corrected chi connectivity index (χ0v) is 17.5. The number of hydrogen-bond acceptors (Lipinski definition) is 6. The lowest BCUT2D eigenvalue weighted by Gasteiger charge is -2.16. The van der Waals surface area contributed by atoms with Gasteiger partial charge in [0.25, 0.3) is 5.91 Å². The minimum absolute atomic E-state index is 0.244. The number of nitrogens with zero attached hydrogens (tertiary/aromatic N) is 2. The molecule has 1 amide bonds. The van der Waals surface area contributed by atoms with Crippen molar-refractivity contribution in [3.8, 4) is 17.0 Å². The number of ether oxygens (including phenoxy) is 1. The van der Waals surface area contributed by atoms with E-state index in [1.807, 2.05) is 23.6 Å². The third kappa shape index (κ3) is 3.96. The highest BCUT2D eigenvalue weighted by atomic mass is 32.2. The number of anilines is 2. The van der Waals surface area contributed by atoms with Crippen LogP contribution in [0, 0.1) is 0 Å². The Bertz CT molecular complexity index is 1170. The van der Waals surface area contributed by atoms with E-state index in [2.05, 4.69) is 10.3 Å². The number of amides is 1. The van der Waals surface area contributed by atoms with E-state index in [9.17, 15) is 13.2 Å². The molecule has 9 heteroatoms. The first-order chi connectivity index (χ1) is 13.8. The number of carbonyl (C=O) groups is 1. The fraction of sp³-hybridized carbons (Fsp3) is 0.200. The quantitative estimate of drug-likeness (QED) is 0.672. The van der Waals surface area contributed by atoms with E-state index >= 15 is 0 Å². The van der Waals surface area contributed by atoms with Gasteiger partial charge < -0.3 is 4.74 Å². The molecule has 2 aromatic carbocycles. The van der Waals surface area contributed by atoms with E-state index in [-0.39, 0.29) is 5.91 Å². The number of rotatable bonds is 5. The van der Waals surface area contributed by atoms with Crippen molar-refractivity contribution in [2.45, 2.75) is 6.42 Å². The van der Waals surface area contributed by atoms with Crippen LogP contribution in [0.5, 0.6) is 5.75 Å². The van der Waals surface area contributed by atoms with Gasteiger partial charge in [0, 0.05) is 23.1 Å². The predicted octanol–water partition coefficient (Wildman–Crippen LogP) is 3.39.